The molecule has 0 heterocycles. The largest absolute Gasteiger partial charge is 0.298 e. The highest BCUT2D eigenvalue weighted by Crippen LogP contribution is 2.29. The number of aldehydes is 2. The molecule has 0 N–H and O–H groups in total. The number of unbranched alkanes of at least 4 members (excludes halogenated alkanes) is 2. The third-order valence-electron chi connectivity index (χ3n) is 5.77. The molecule has 0 saturated carbocycles. The van der Waals surface area contributed by atoms with Crippen LogP contribution >= 0.6 is 31.9 Å². The summed E-state index contributed by atoms with van der Waals surface area (Å²) in [6.07, 6.45) is 11.7. The lowest BCUT2D eigenvalue weighted by atomic mass is 10.00. The quantitative estimate of drug-likeness (QED) is 0.153. The number of carbonyl (C=O) groups is 2. The summed E-state index contributed by atoms with van der Waals surface area (Å²) in [4.78, 5) is 21.5. The van der Waals surface area contributed by atoms with Crippen molar-refractivity contribution in [3.63, 3.8) is 0 Å². The Balaban J connectivity index is 0.00000137. The van der Waals surface area contributed by atoms with E-state index in [2.05, 4.69) is 57.8 Å². The Morgan fingerprint density at radius 2 is 0.886 bits per heavy atom. The van der Waals surface area contributed by atoms with Gasteiger partial charge >= 0.3 is 0 Å². The Morgan fingerprint density at radius 3 is 1.20 bits per heavy atom. The normalized spacial score (nSPS) is 10.4. The topological polar surface area (TPSA) is 34.1 Å². The zero-order chi connectivity index (χ0) is 25.5. The van der Waals surface area contributed by atoms with E-state index in [0.717, 1.165) is 75.1 Å². The van der Waals surface area contributed by atoms with Gasteiger partial charge in [0.15, 0.2) is 0 Å². The average molecular weight is 600 g/mol. The van der Waals surface area contributed by atoms with Gasteiger partial charge in [-0.3, -0.25) is 9.59 Å². The van der Waals surface area contributed by atoms with Crippen LogP contribution in [0.1, 0.15) is 88.9 Å². The molecule has 0 unspecified atom stereocenters. The minimum Gasteiger partial charge on any atom is -0.298 e. The van der Waals surface area contributed by atoms with Gasteiger partial charge in [-0.05, 0) is 85.8 Å². The maximum absolute atomic E-state index is 10.8. The fraction of sp³-hybridized carbons (Fsp3) is 0.355. The highest BCUT2D eigenvalue weighted by molar-refractivity contribution is 9.11. The first kappa shape index (κ1) is 29.2. The van der Waals surface area contributed by atoms with E-state index < -0.39 is 0 Å². The minimum absolute atomic E-state index is 0.732. The predicted molar refractivity (Wildman–Crippen MR) is 155 cm³/mol. The number of benzene rings is 3. The van der Waals surface area contributed by atoms with Gasteiger partial charge in [0, 0.05) is 20.1 Å². The number of aryl methyl sites for hydroxylation is 4. The molecule has 0 aliphatic carbocycles. The Kier molecular flexibility index (Phi) is 13.8. The van der Waals surface area contributed by atoms with Crippen LogP contribution in [-0.4, -0.2) is 12.6 Å². The molecule has 35 heavy (non-hydrogen) atoms. The van der Waals surface area contributed by atoms with E-state index in [1.165, 1.54) is 37.6 Å². The Labute approximate surface area is 227 Å². The molecule has 0 radical (unpaired) electrons. The summed E-state index contributed by atoms with van der Waals surface area (Å²) in [7, 11) is 0. The van der Waals surface area contributed by atoms with Crippen molar-refractivity contribution in [3.8, 4) is 0 Å². The van der Waals surface area contributed by atoms with Crippen LogP contribution in [0.15, 0.2) is 69.6 Å². The number of carbonyl (C=O) groups excluding carboxylic acids is 2. The second kappa shape index (κ2) is 16.6. The van der Waals surface area contributed by atoms with Crippen molar-refractivity contribution < 1.29 is 9.59 Å². The van der Waals surface area contributed by atoms with Crippen molar-refractivity contribution in [1.29, 1.82) is 0 Å². The van der Waals surface area contributed by atoms with Crippen LogP contribution in [0.2, 0.25) is 0 Å². The highest BCUT2D eigenvalue weighted by Gasteiger charge is 2.08. The fourth-order valence-electron chi connectivity index (χ4n) is 3.83. The monoisotopic (exact) mass is 598 g/mol. The summed E-state index contributed by atoms with van der Waals surface area (Å²) >= 11 is 7.54. The molecule has 4 heteroatoms. The lowest BCUT2D eigenvalue weighted by Crippen LogP contribution is -1.95. The summed E-state index contributed by atoms with van der Waals surface area (Å²) in [5.74, 6) is 0. The Morgan fingerprint density at radius 1 is 0.571 bits per heavy atom. The molecule has 0 aliphatic rings. The smallest absolute Gasteiger partial charge is 0.150 e. The lowest BCUT2D eigenvalue weighted by molar-refractivity contribution is 0.111. The van der Waals surface area contributed by atoms with E-state index in [-0.39, 0.29) is 0 Å². The van der Waals surface area contributed by atoms with Gasteiger partial charge in [0.05, 0.1) is 0 Å². The number of hydrogen-bond acceptors (Lipinski definition) is 2. The first-order valence-electron chi connectivity index (χ1n) is 12.6. The molecule has 0 aromatic heterocycles. The molecular weight excluding hydrogens is 564 g/mol. The van der Waals surface area contributed by atoms with E-state index in [9.17, 15) is 9.59 Å². The molecule has 2 nitrogen and oxygen atoms in total. The van der Waals surface area contributed by atoms with E-state index >= 15 is 0 Å². The maximum atomic E-state index is 10.8. The average Bonchev–Trinajstić information content (AvgIpc) is 2.88. The van der Waals surface area contributed by atoms with Crippen LogP contribution in [0.4, 0.5) is 0 Å². The van der Waals surface area contributed by atoms with Gasteiger partial charge in [-0.1, -0.05) is 101 Å². The summed E-state index contributed by atoms with van der Waals surface area (Å²) in [5.41, 5.74) is 6.71. The van der Waals surface area contributed by atoms with E-state index in [0.29, 0.717) is 0 Å². The SMILES string of the molecule is CCC.O=Cc1ccc(CCCCc2cc(Br)c(CCCCc3ccc(C=O)cc3)cc2Br)cc1. The Bertz CT molecular complexity index is 956. The van der Waals surface area contributed by atoms with Crippen molar-refractivity contribution in [2.75, 3.05) is 0 Å². The van der Waals surface area contributed by atoms with Crippen molar-refractivity contribution in [2.45, 2.75) is 71.6 Å². The van der Waals surface area contributed by atoms with Crippen LogP contribution in [-0.2, 0) is 25.7 Å². The van der Waals surface area contributed by atoms with Crippen molar-refractivity contribution in [3.05, 3.63) is 103 Å². The first-order chi connectivity index (χ1) is 17.0. The molecule has 0 saturated heterocycles. The van der Waals surface area contributed by atoms with Crippen LogP contribution in [0.3, 0.4) is 0 Å². The standard InChI is InChI=1S/C28H28Br2O2.C3H8/c29-27-18-26(8-4-2-6-22-11-15-24(20-32)16-12-22)28(30)17-25(27)7-3-1-5-21-9-13-23(19-31)14-10-21;1-3-2/h9-20H,1-8H2;3H2,1-2H3. The molecule has 3 rings (SSSR count). The number of rotatable bonds is 12. The van der Waals surface area contributed by atoms with E-state index in [1.54, 1.807) is 0 Å². The van der Waals surface area contributed by atoms with Gasteiger partial charge in [-0.2, -0.15) is 0 Å². The van der Waals surface area contributed by atoms with Crippen LogP contribution < -0.4 is 0 Å². The maximum Gasteiger partial charge on any atom is 0.150 e. The second-order valence-electron chi connectivity index (χ2n) is 8.88. The van der Waals surface area contributed by atoms with E-state index in [4.69, 9.17) is 0 Å². The molecule has 0 spiro atoms. The fourth-order valence-corrected chi connectivity index (χ4v) is 5.01. The number of halogens is 2. The first-order valence-corrected chi connectivity index (χ1v) is 14.1. The Hall–Kier alpha value is -2.04. The summed E-state index contributed by atoms with van der Waals surface area (Å²) < 4.78 is 2.38. The summed E-state index contributed by atoms with van der Waals surface area (Å²) in [5, 5.41) is 0. The zero-order valence-corrected chi connectivity index (χ0v) is 24.0. The van der Waals surface area contributed by atoms with Crippen LogP contribution in [0, 0.1) is 0 Å². The molecule has 3 aromatic rings. The number of hydrogen-bond donors (Lipinski definition) is 0. The molecule has 0 aliphatic heterocycles. The third kappa shape index (κ3) is 10.6. The molecule has 0 amide bonds. The van der Waals surface area contributed by atoms with Gasteiger partial charge in [-0.25, -0.2) is 0 Å². The zero-order valence-electron chi connectivity index (χ0n) is 20.9. The third-order valence-corrected chi connectivity index (χ3v) is 7.25. The van der Waals surface area contributed by atoms with Crippen molar-refractivity contribution >= 4 is 44.4 Å². The van der Waals surface area contributed by atoms with Gasteiger partial charge in [0.25, 0.3) is 0 Å². The second-order valence-corrected chi connectivity index (χ2v) is 10.6. The molecule has 186 valence electrons. The highest BCUT2D eigenvalue weighted by atomic mass is 79.9. The van der Waals surface area contributed by atoms with Gasteiger partial charge < -0.3 is 0 Å². The molecule has 0 fully saturated rings. The minimum atomic E-state index is 0.732. The van der Waals surface area contributed by atoms with Crippen molar-refractivity contribution in [1.82, 2.24) is 0 Å². The van der Waals surface area contributed by atoms with Crippen LogP contribution in [0.25, 0.3) is 0 Å². The molecule has 0 atom stereocenters. The van der Waals surface area contributed by atoms with Gasteiger partial charge in [-0.15, -0.1) is 0 Å². The predicted octanol–water partition coefficient (Wildman–Crippen LogP) is 9.38. The summed E-state index contributed by atoms with van der Waals surface area (Å²) in [6.45, 7) is 4.25. The lowest BCUT2D eigenvalue weighted by Gasteiger charge is -2.11. The van der Waals surface area contributed by atoms with Gasteiger partial charge in [0.2, 0.25) is 0 Å². The molecule has 0 bridgehead atoms. The summed E-state index contributed by atoms with van der Waals surface area (Å²) in [6, 6.07) is 20.3. The van der Waals surface area contributed by atoms with Gasteiger partial charge in [0.1, 0.15) is 12.6 Å². The molecular formula is C31H36Br2O2. The van der Waals surface area contributed by atoms with Crippen molar-refractivity contribution in [2.24, 2.45) is 0 Å². The van der Waals surface area contributed by atoms with E-state index in [1.807, 2.05) is 48.5 Å². The molecule has 3 aromatic carbocycles. The van der Waals surface area contributed by atoms with Crippen LogP contribution in [0.5, 0.6) is 0 Å².